The van der Waals surface area contributed by atoms with Gasteiger partial charge in [-0.1, -0.05) is 26.8 Å². The first-order chi connectivity index (χ1) is 15.9. The van der Waals surface area contributed by atoms with Crippen molar-refractivity contribution >= 4 is 5.91 Å². The van der Waals surface area contributed by atoms with Crippen molar-refractivity contribution in [3.63, 3.8) is 0 Å². The second kappa shape index (κ2) is 11.4. The summed E-state index contributed by atoms with van der Waals surface area (Å²) in [7, 11) is 3.26. The summed E-state index contributed by atoms with van der Waals surface area (Å²) in [6.45, 7) is 6.87. The Morgan fingerprint density at radius 2 is 1.73 bits per heavy atom. The van der Waals surface area contributed by atoms with Crippen molar-refractivity contribution in [2.75, 3.05) is 20.8 Å². The highest BCUT2D eigenvalue weighted by Crippen LogP contribution is 2.33. The van der Waals surface area contributed by atoms with Gasteiger partial charge in [0.25, 0.3) is 0 Å². The third kappa shape index (κ3) is 6.28. The maximum Gasteiger partial charge on any atom is 0.226 e. The van der Waals surface area contributed by atoms with Crippen molar-refractivity contribution in [3.05, 3.63) is 59.8 Å². The van der Waals surface area contributed by atoms with Gasteiger partial charge in [0.15, 0.2) is 0 Å². The van der Waals surface area contributed by atoms with Gasteiger partial charge in [0.2, 0.25) is 11.8 Å². The molecule has 3 aromatic rings. The molecule has 0 spiro atoms. The van der Waals surface area contributed by atoms with Crippen LogP contribution in [0.5, 0.6) is 23.1 Å². The van der Waals surface area contributed by atoms with Gasteiger partial charge in [0, 0.05) is 24.6 Å². The van der Waals surface area contributed by atoms with E-state index in [-0.39, 0.29) is 5.91 Å². The number of hydrogen-bond acceptors (Lipinski definition) is 5. The zero-order valence-corrected chi connectivity index (χ0v) is 20.1. The summed E-state index contributed by atoms with van der Waals surface area (Å²) in [5.74, 6) is 3.13. The number of benzene rings is 2. The van der Waals surface area contributed by atoms with Crippen molar-refractivity contribution in [3.8, 4) is 28.8 Å². The summed E-state index contributed by atoms with van der Waals surface area (Å²) >= 11 is 0. The van der Waals surface area contributed by atoms with E-state index in [4.69, 9.17) is 19.3 Å². The van der Waals surface area contributed by atoms with E-state index in [1.165, 1.54) is 0 Å². The average Bonchev–Trinajstić information content (AvgIpc) is 3.18. The number of aryl methyl sites for hydroxylation is 1. The molecule has 0 saturated heterocycles. The fourth-order valence-electron chi connectivity index (χ4n) is 3.44. The number of hydrogen-bond donors (Lipinski definition) is 1. The Kier molecular flexibility index (Phi) is 8.35. The van der Waals surface area contributed by atoms with Crippen molar-refractivity contribution in [1.29, 1.82) is 0 Å². The summed E-state index contributed by atoms with van der Waals surface area (Å²) in [5.41, 5.74) is 2.68. The highest BCUT2D eigenvalue weighted by atomic mass is 16.5. The number of carbonyl (C=O) groups excluding carboxylic acids is 1. The highest BCUT2D eigenvalue weighted by Gasteiger charge is 2.21. The topological polar surface area (TPSA) is 74.6 Å². The molecule has 7 heteroatoms. The van der Waals surface area contributed by atoms with Crippen LogP contribution in [0.4, 0.5) is 0 Å². The van der Waals surface area contributed by atoms with Gasteiger partial charge in [0.1, 0.15) is 17.2 Å². The van der Waals surface area contributed by atoms with E-state index in [0.717, 1.165) is 29.1 Å². The molecule has 0 atom stereocenters. The molecule has 7 nitrogen and oxygen atoms in total. The molecule has 1 heterocycles. The zero-order chi connectivity index (χ0) is 23.8. The molecule has 0 aliphatic rings. The van der Waals surface area contributed by atoms with Crippen molar-refractivity contribution in [2.24, 2.45) is 5.92 Å². The Labute approximate surface area is 195 Å². The molecule has 1 N–H and O–H groups in total. The fraction of sp³-hybridized carbons (Fsp3) is 0.385. The average molecular weight is 452 g/mol. The van der Waals surface area contributed by atoms with Crippen LogP contribution in [0.1, 0.15) is 38.4 Å². The van der Waals surface area contributed by atoms with Gasteiger partial charge in [-0.25, -0.2) is 4.68 Å². The predicted octanol–water partition coefficient (Wildman–Crippen LogP) is 4.95. The van der Waals surface area contributed by atoms with Crippen LogP contribution in [-0.2, 0) is 17.6 Å². The fourth-order valence-corrected chi connectivity index (χ4v) is 3.44. The number of aromatic nitrogens is 2. The van der Waals surface area contributed by atoms with Gasteiger partial charge in [-0.3, -0.25) is 4.79 Å². The lowest BCUT2D eigenvalue weighted by molar-refractivity contribution is -0.121. The van der Waals surface area contributed by atoms with E-state index in [0.29, 0.717) is 42.7 Å². The first-order valence-electron chi connectivity index (χ1n) is 11.3. The second-order valence-electron chi connectivity index (χ2n) is 8.17. The third-order valence-corrected chi connectivity index (χ3v) is 5.24. The zero-order valence-electron chi connectivity index (χ0n) is 20.1. The summed E-state index contributed by atoms with van der Waals surface area (Å²) in [4.78, 5) is 12.4. The SMILES string of the molecule is CCc1nn(-c2ccc(OC)cc2)c(Oc2cccc(OC)c2)c1CCC(=O)NCC(C)C. The van der Waals surface area contributed by atoms with Crippen LogP contribution in [0.25, 0.3) is 5.69 Å². The Hall–Kier alpha value is -3.48. The van der Waals surface area contributed by atoms with Gasteiger partial charge in [0.05, 0.1) is 25.6 Å². The van der Waals surface area contributed by atoms with Crippen LogP contribution >= 0.6 is 0 Å². The van der Waals surface area contributed by atoms with Crippen molar-refractivity contribution in [1.82, 2.24) is 15.1 Å². The van der Waals surface area contributed by atoms with E-state index in [1.54, 1.807) is 18.9 Å². The minimum Gasteiger partial charge on any atom is -0.497 e. The molecule has 0 radical (unpaired) electrons. The number of ether oxygens (including phenoxy) is 3. The maximum atomic E-state index is 12.4. The Morgan fingerprint density at radius 1 is 1.03 bits per heavy atom. The molecule has 0 aliphatic heterocycles. The Morgan fingerprint density at radius 3 is 2.36 bits per heavy atom. The number of amides is 1. The molecule has 33 heavy (non-hydrogen) atoms. The van der Waals surface area contributed by atoms with Gasteiger partial charge in [-0.2, -0.15) is 5.10 Å². The maximum absolute atomic E-state index is 12.4. The Balaban J connectivity index is 1.98. The van der Waals surface area contributed by atoms with Crippen LogP contribution in [0.15, 0.2) is 48.5 Å². The molecule has 0 bridgehead atoms. The molecule has 0 aliphatic carbocycles. The molecule has 0 saturated carbocycles. The smallest absolute Gasteiger partial charge is 0.226 e. The van der Waals surface area contributed by atoms with Crippen LogP contribution in [0.2, 0.25) is 0 Å². The second-order valence-corrected chi connectivity index (χ2v) is 8.17. The van der Waals surface area contributed by atoms with E-state index in [2.05, 4.69) is 26.1 Å². The van der Waals surface area contributed by atoms with Crippen LogP contribution in [0, 0.1) is 5.92 Å². The number of carbonyl (C=O) groups is 1. The van der Waals surface area contributed by atoms with E-state index in [1.807, 2.05) is 48.5 Å². The summed E-state index contributed by atoms with van der Waals surface area (Å²) in [5, 5.41) is 7.82. The molecule has 2 aromatic carbocycles. The van der Waals surface area contributed by atoms with Crippen LogP contribution in [0.3, 0.4) is 0 Å². The third-order valence-electron chi connectivity index (χ3n) is 5.24. The lowest BCUT2D eigenvalue weighted by Gasteiger charge is -2.13. The molecular formula is C26H33N3O4. The monoisotopic (exact) mass is 451 g/mol. The minimum absolute atomic E-state index is 0.0234. The predicted molar refractivity (Wildman–Crippen MR) is 129 cm³/mol. The highest BCUT2D eigenvalue weighted by molar-refractivity contribution is 5.76. The molecule has 176 valence electrons. The molecule has 3 rings (SSSR count). The number of rotatable bonds is 11. The molecule has 0 unspecified atom stereocenters. The summed E-state index contributed by atoms with van der Waals surface area (Å²) in [6, 6.07) is 15.1. The molecular weight excluding hydrogens is 418 g/mol. The van der Waals surface area contributed by atoms with Crippen molar-refractivity contribution < 1.29 is 19.0 Å². The summed E-state index contributed by atoms with van der Waals surface area (Å²) in [6.07, 6.45) is 1.62. The lowest BCUT2D eigenvalue weighted by atomic mass is 10.1. The molecule has 1 amide bonds. The van der Waals surface area contributed by atoms with Gasteiger partial charge in [-0.05, 0) is 55.2 Å². The Bertz CT molecular complexity index is 1060. The molecule has 1 aromatic heterocycles. The lowest BCUT2D eigenvalue weighted by Crippen LogP contribution is -2.27. The number of methoxy groups -OCH3 is 2. The normalized spacial score (nSPS) is 10.8. The summed E-state index contributed by atoms with van der Waals surface area (Å²) < 4.78 is 18.8. The first-order valence-corrected chi connectivity index (χ1v) is 11.3. The standard InChI is InChI=1S/C26H33N3O4/c1-6-24-23(14-15-25(30)27-17-18(2)3)26(33-22-9-7-8-21(16-22)32-5)29(28-24)19-10-12-20(31-4)13-11-19/h7-13,16,18H,6,14-15,17H2,1-5H3,(H,27,30). The van der Waals surface area contributed by atoms with Gasteiger partial charge < -0.3 is 19.5 Å². The van der Waals surface area contributed by atoms with Gasteiger partial charge >= 0.3 is 0 Å². The molecule has 0 fully saturated rings. The quantitative estimate of drug-likeness (QED) is 0.447. The number of nitrogens with one attached hydrogen (secondary N) is 1. The van der Waals surface area contributed by atoms with E-state index < -0.39 is 0 Å². The van der Waals surface area contributed by atoms with Crippen LogP contribution < -0.4 is 19.5 Å². The minimum atomic E-state index is 0.0234. The van der Waals surface area contributed by atoms with E-state index in [9.17, 15) is 4.79 Å². The van der Waals surface area contributed by atoms with Crippen LogP contribution in [-0.4, -0.2) is 36.5 Å². The number of nitrogens with zero attached hydrogens (tertiary/aromatic N) is 2. The van der Waals surface area contributed by atoms with Gasteiger partial charge in [-0.15, -0.1) is 0 Å². The van der Waals surface area contributed by atoms with Crippen molar-refractivity contribution in [2.45, 2.75) is 40.0 Å². The first kappa shape index (κ1) is 24.2. The largest absolute Gasteiger partial charge is 0.497 e. The van der Waals surface area contributed by atoms with E-state index >= 15 is 0 Å².